The molecule has 0 bridgehead atoms. The third-order valence-corrected chi connectivity index (χ3v) is 5.88. The lowest BCUT2D eigenvalue weighted by Crippen LogP contribution is -2.39. The second-order valence-electron chi connectivity index (χ2n) is 8.30. The van der Waals surface area contributed by atoms with Crippen LogP contribution in [0.4, 0.5) is 4.39 Å². The fourth-order valence-electron chi connectivity index (χ4n) is 4.09. The van der Waals surface area contributed by atoms with Gasteiger partial charge < -0.3 is 24.9 Å². The van der Waals surface area contributed by atoms with E-state index in [4.69, 9.17) is 9.47 Å². The van der Waals surface area contributed by atoms with Crippen LogP contribution >= 0.6 is 0 Å². The van der Waals surface area contributed by atoms with Crippen molar-refractivity contribution in [3.63, 3.8) is 0 Å². The van der Waals surface area contributed by atoms with Gasteiger partial charge in [-0.3, -0.25) is 4.79 Å². The van der Waals surface area contributed by atoms with Gasteiger partial charge in [0, 0.05) is 22.7 Å². The van der Waals surface area contributed by atoms with Crippen LogP contribution in [0.3, 0.4) is 0 Å². The van der Waals surface area contributed by atoms with E-state index in [9.17, 15) is 14.3 Å². The van der Waals surface area contributed by atoms with Crippen LogP contribution in [0.25, 0.3) is 22.0 Å². The molecule has 0 saturated carbocycles. The third kappa shape index (κ3) is 5.30. The zero-order valence-electron chi connectivity index (χ0n) is 19.8. The zero-order valence-corrected chi connectivity index (χ0v) is 19.8. The van der Waals surface area contributed by atoms with Crippen LogP contribution in [-0.2, 0) is 6.42 Å². The number of rotatable bonds is 10. The summed E-state index contributed by atoms with van der Waals surface area (Å²) in [6.45, 7) is 2.18. The molecule has 0 aliphatic rings. The number of halogens is 1. The van der Waals surface area contributed by atoms with Crippen LogP contribution in [0, 0.1) is 5.82 Å². The van der Waals surface area contributed by atoms with E-state index in [-0.39, 0.29) is 17.9 Å². The van der Waals surface area contributed by atoms with Crippen LogP contribution < -0.4 is 14.8 Å². The number of amides is 1. The number of hydrogen-bond acceptors (Lipinski definition) is 4. The fourth-order valence-corrected chi connectivity index (χ4v) is 4.09. The van der Waals surface area contributed by atoms with Crippen LogP contribution in [0.15, 0.2) is 66.9 Å². The summed E-state index contributed by atoms with van der Waals surface area (Å²) in [7, 11) is 1.41. The molecule has 7 heteroatoms. The van der Waals surface area contributed by atoms with Crippen molar-refractivity contribution in [3.05, 3.63) is 83.8 Å². The van der Waals surface area contributed by atoms with Crippen molar-refractivity contribution in [3.8, 4) is 22.6 Å². The molecule has 182 valence electrons. The molecule has 6 nitrogen and oxygen atoms in total. The van der Waals surface area contributed by atoms with Crippen molar-refractivity contribution in [2.75, 3.05) is 20.3 Å². The smallest absolute Gasteiger partial charge is 0.255 e. The lowest BCUT2D eigenvalue weighted by Gasteiger charge is -2.18. The first-order valence-electron chi connectivity index (χ1n) is 11.6. The van der Waals surface area contributed by atoms with Gasteiger partial charge in [0.05, 0.1) is 31.9 Å². The molecule has 3 aromatic carbocycles. The number of aliphatic hydroxyl groups is 1. The largest absolute Gasteiger partial charge is 0.494 e. The van der Waals surface area contributed by atoms with Crippen LogP contribution in [0.5, 0.6) is 11.5 Å². The van der Waals surface area contributed by atoms with E-state index in [1.54, 1.807) is 36.4 Å². The van der Waals surface area contributed by atoms with Gasteiger partial charge in [0.25, 0.3) is 5.91 Å². The standard InChI is InChI=1S/C28H29FN2O4/c1-3-13-35-25-12-11-18(22-8-6-10-26(34-2)27(22)29)15-23(25)28(33)31-20(17-32)14-19-16-30-24-9-5-4-7-21(19)24/h4-12,15-16,20,30,32H,3,13-14,17H2,1-2H3,(H,31,33)/t20-/m1/s1. The van der Waals surface area contributed by atoms with Gasteiger partial charge in [-0.1, -0.05) is 43.3 Å². The van der Waals surface area contributed by atoms with Crippen molar-refractivity contribution in [1.29, 1.82) is 0 Å². The van der Waals surface area contributed by atoms with Crippen molar-refractivity contribution in [2.24, 2.45) is 0 Å². The Hall–Kier alpha value is -3.84. The lowest BCUT2D eigenvalue weighted by molar-refractivity contribution is 0.0912. The highest BCUT2D eigenvalue weighted by atomic mass is 19.1. The highest BCUT2D eigenvalue weighted by Crippen LogP contribution is 2.32. The van der Waals surface area contributed by atoms with E-state index in [0.717, 1.165) is 22.9 Å². The van der Waals surface area contributed by atoms with E-state index in [1.165, 1.54) is 7.11 Å². The number of benzene rings is 3. The summed E-state index contributed by atoms with van der Waals surface area (Å²) in [5.74, 6) is -0.379. The Labute approximate surface area is 203 Å². The van der Waals surface area contributed by atoms with Gasteiger partial charge >= 0.3 is 0 Å². The molecule has 0 aliphatic heterocycles. The maximum Gasteiger partial charge on any atom is 0.255 e. The van der Waals surface area contributed by atoms with Gasteiger partial charge in [-0.05, 0) is 48.2 Å². The van der Waals surface area contributed by atoms with Gasteiger partial charge in [-0.15, -0.1) is 0 Å². The average molecular weight is 477 g/mol. The molecule has 35 heavy (non-hydrogen) atoms. The average Bonchev–Trinajstić information content (AvgIpc) is 3.29. The quantitative estimate of drug-likeness (QED) is 0.297. The summed E-state index contributed by atoms with van der Waals surface area (Å²) >= 11 is 0. The molecule has 0 spiro atoms. The number of fused-ring (bicyclic) bond motifs is 1. The monoisotopic (exact) mass is 476 g/mol. The minimum atomic E-state index is -0.516. The van der Waals surface area contributed by atoms with Crippen LogP contribution in [0.1, 0.15) is 29.3 Å². The molecule has 4 aromatic rings. The third-order valence-electron chi connectivity index (χ3n) is 5.88. The number of ether oxygens (including phenoxy) is 2. The Balaban J connectivity index is 1.63. The predicted molar refractivity (Wildman–Crippen MR) is 135 cm³/mol. The predicted octanol–water partition coefficient (Wildman–Crippen LogP) is 5.10. The number of carbonyl (C=O) groups is 1. The molecule has 0 saturated heterocycles. The Morgan fingerprint density at radius 2 is 1.94 bits per heavy atom. The van der Waals surface area contributed by atoms with E-state index in [0.29, 0.717) is 29.9 Å². The highest BCUT2D eigenvalue weighted by Gasteiger charge is 2.21. The lowest BCUT2D eigenvalue weighted by atomic mass is 10.0. The summed E-state index contributed by atoms with van der Waals surface area (Å²) < 4.78 is 25.8. The number of carbonyl (C=O) groups excluding carboxylic acids is 1. The molecule has 0 unspecified atom stereocenters. The molecule has 0 radical (unpaired) electrons. The summed E-state index contributed by atoms with van der Waals surface area (Å²) in [5, 5.41) is 14.0. The molecule has 0 aliphatic carbocycles. The van der Waals surface area contributed by atoms with E-state index in [2.05, 4.69) is 10.3 Å². The Morgan fingerprint density at radius 1 is 1.11 bits per heavy atom. The summed E-state index contributed by atoms with van der Waals surface area (Å²) in [4.78, 5) is 16.6. The number of hydrogen-bond donors (Lipinski definition) is 3. The minimum Gasteiger partial charge on any atom is -0.494 e. The number of aliphatic hydroxyl groups excluding tert-OH is 1. The van der Waals surface area contributed by atoms with Crippen LogP contribution in [0.2, 0.25) is 0 Å². The van der Waals surface area contributed by atoms with Crippen molar-refractivity contribution in [2.45, 2.75) is 25.8 Å². The number of aromatic amines is 1. The Bertz CT molecular complexity index is 1320. The molecule has 1 amide bonds. The second kappa shape index (κ2) is 11.1. The second-order valence-corrected chi connectivity index (χ2v) is 8.30. The van der Waals surface area contributed by atoms with Crippen molar-refractivity contribution in [1.82, 2.24) is 10.3 Å². The number of nitrogens with one attached hydrogen (secondary N) is 2. The Kier molecular flexibility index (Phi) is 7.67. The molecule has 0 fully saturated rings. The zero-order chi connectivity index (χ0) is 24.8. The SMILES string of the molecule is CCCOc1ccc(-c2cccc(OC)c2F)cc1C(=O)N[C@@H](CO)Cc1c[nH]c2ccccc12. The van der Waals surface area contributed by atoms with E-state index < -0.39 is 17.8 Å². The van der Waals surface area contributed by atoms with E-state index in [1.807, 2.05) is 37.4 Å². The molecule has 1 aromatic heterocycles. The summed E-state index contributed by atoms with van der Waals surface area (Å²) in [6, 6.07) is 17.2. The molecule has 3 N–H and O–H groups in total. The maximum atomic E-state index is 14.9. The van der Waals surface area contributed by atoms with Gasteiger partial charge in [-0.2, -0.15) is 0 Å². The number of aromatic nitrogens is 1. The first-order chi connectivity index (χ1) is 17.0. The minimum absolute atomic E-state index is 0.124. The van der Waals surface area contributed by atoms with Gasteiger partial charge in [-0.25, -0.2) is 4.39 Å². The number of methoxy groups -OCH3 is 1. The summed E-state index contributed by atoms with van der Waals surface area (Å²) in [5.41, 5.74) is 3.10. The molecule has 4 rings (SSSR count). The first-order valence-corrected chi connectivity index (χ1v) is 11.6. The maximum absolute atomic E-state index is 14.9. The van der Waals surface area contributed by atoms with E-state index >= 15 is 0 Å². The van der Waals surface area contributed by atoms with Gasteiger partial charge in [0.2, 0.25) is 0 Å². The normalized spacial score (nSPS) is 11.9. The highest BCUT2D eigenvalue weighted by molar-refractivity contribution is 5.98. The molecule has 1 heterocycles. The molecular weight excluding hydrogens is 447 g/mol. The topological polar surface area (TPSA) is 83.6 Å². The summed E-state index contributed by atoms with van der Waals surface area (Å²) in [6.07, 6.45) is 3.11. The first kappa shape index (κ1) is 24.3. The van der Waals surface area contributed by atoms with Crippen molar-refractivity contribution >= 4 is 16.8 Å². The van der Waals surface area contributed by atoms with Gasteiger partial charge in [0.15, 0.2) is 11.6 Å². The number of para-hydroxylation sites is 1. The van der Waals surface area contributed by atoms with Crippen LogP contribution in [-0.4, -0.2) is 42.4 Å². The Morgan fingerprint density at radius 3 is 2.71 bits per heavy atom. The molecule has 1 atom stereocenters. The fraction of sp³-hybridized carbons (Fsp3) is 0.250. The number of H-pyrrole nitrogens is 1. The molecular formula is C28H29FN2O4. The van der Waals surface area contributed by atoms with Crippen molar-refractivity contribution < 1.29 is 23.8 Å². The van der Waals surface area contributed by atoms with Gasteiger partial charge in [0.1, 0.15) is 5.75 Å².